The van der Waals surface area contributed by atoms with Crippen molar-refractivity contribution in [3.63, 3.8) is 0 Å². The van der Waals surface area contributed by atoms with Crippen molar-refractivity contribution >= 4 is 21.3 Å². The molecule has 0 atom stereocenters. The van der Waals surface area contributed by atoms with Crippen molar-refractivity contribution in [2.75, 3.05) is 13.4 Å². The summed E-state index contributed by atoms with van der Waals surface area (Å²) in [6, 6.07) is 7.47. The van der Waals surface area contributed by atoms with Gasteiger partial charge >= 0.3 is 0 Å². The van der Waals surface area contributed by atoms with E-state index in [0.29, 0.717) is 0 Å². The van der Waals surface area contributed by atoms with Crippen LogP contribution in [0.25, 0.3) is 0 Å². The van der Waals surface area contributed by atoms with Gasteiger partial charge in [-0.2, -0.15) is 0 Å². The molecule has 0 aliphatic heterocycles. The molecule has 0 aliphatic rings. The molecule has 0 aliphatic carbocycles. The minimum atomic E-state index is -3.27. The van der Waals surface area contributed by atoms with Gasteiger partial charge in [-0.25, -0.2) is 8.42 Å². The van der Waals surface area contributed by atoms with Crippen LogP contribution in [-0.2, 0) is 14.6 Å². The zero-order chi connectivity index (χ0) is 14.9. The van der Waals surface area contributed by atoms with Crippen molar-refractivity contribution < 1.29 is 13.2 Å². The van der Waals surface area contributed by atoms with Gasteiger partial charge in [0.15, 0.2) is 9.84 Å². The first-order valence-corrected chi connectivity index (χ1v) is 7.80. The molecule has 0 fully saturated rings. The van der Waals surface area contributed by atoms with E-state index in [4.69, 9.17) is 4.74 Å². The largest absolute Gasteiger partial charge is 0.479 e. The van der Waals surface area contributed by atoms with E-state index < -0.39 is 9.84 Å². The summed E-state index contributed by atoms with van der Waals surface area (Å²) in [5.74, 6) is 0.268. The SMILES string of the molecule is CC.CO/C(=N\N=C\S(C)(=O)=O)c1ccc(C)cc1. The molecule has 1 rings (SSSR count). The van der Waals surface area contributed by atoms with Gasteiger partial charge in [-0.1, -0.05) is 31.5 Å². The van der Waals surface area contributed by atoms with E-state index in [1.807, 2.05) is 45.0 Å². The third kappa shape index (κ3) is 7.35. The van der Waals surface area contributed by atoms with Gasteiger partial charge in [0, 0.05) is 11.8 Å². The highest BCUT2D eigenvalue weighted by Gasteiger charge is 2.02. The van der Waals surface area contributed by atoms with Crippen LogP contribution in [0, 0.1) is 6.92 Å². The predicted octanol–water partition coefficient (Wildman–Crippen LogP) is 2.40. The highest BCUT2D eigenvalue weighted by atomic mass is 32.2. The van der Waals surface area contributed by atoms with E-state index in [-0.39, 0.29) is 5.90 Å². The maximum Gasteiger partial charge on any atom is 0.240 e. The van der Waals surface area contributed by atoms with Crippen LogP contribution in [0.5, 0.6) is 0 Å². The van der Waals surface area contributed by atoms with Crippen LogP contribution in [-0.4, -0.2) is 33.2 Å². The van der Waals surface area contributed by atoms with Crippen LogP contribution in [0.15, 0.2) is 34.5 Å². The Morgan fingerprint density at radius 2 is 1.74 bits per heavy atom. The maximum absolute atomic E-state index is 10.8. The molecule has 19 heavy (non-hydrogen) atoms. The van der Waals surface area contributed by atoms with Crippen molar-refractivity contribution in [1.82, 2.24) is 0 Å². The van der Waals surface area contributed by atoms with Crippen molar-refractivity contribution in [1.29, 1.82) is 0 Å². The zero-order valence-electron chi connectivity index (χ0n) is 11.9. The molecule has 1 aromatic carbocycles. The summed E-state index contributed by atoms with van der Waals surface area (Å²) in [7, 11) is -1.82. The number of hydrogen-bond acceptors (Lipinski definition) is 5. The van der Waals surface area contributed by atoms with Crippen LogP contribution in [0.1, 0.15) is 25.0 Å². The monoisotopic (exact) mass is 284 g/mol. The van der Waals surface area contributed by atoms with Gasteiger partial charge in [-0.3, -0.25) is 0 Å². The Hall–Kier alpha value is -1.69. The molecule has 1 aromatic rings. The molecular weight excluding hydrogens is 264 g/mol. The molecule has 0 heterocycles. The molecule has 0 aromatic heterocycles. The second-order valence-electron chi connectivity index (χ2n) is 3.53. The van der Waals surface area contributed by atoms with Gasteiger partial charge < -0.3 is 4.74 Å². The quantitative estimate of drug-likeness (QED) is 0.486. The van der Waals surface area contributed by atoms with Gasteiger partial charge in [-0.15, -0.1) is 10.2 Å². The molecule has 0 N–H and O–H groups in total. The molecule has 0 unspecified atom stereocenters. The Bertz CT molecular complexity index is 532. The molecule has 0 bridgehead atoms. The highest BCUT2D eigenvalue weighted by Crippen LogP contribution is 2.05. The minimum absolute atomic E-state index is 0.268. The molecule has 0 saturated heterocycles. The number of aryl methyl sites for hydroxylation is 1. The second-order valence-corrected chi connectivity index (χ2v) is 5.40. The third-order valence-electron chi connectivity index (χ3n) is 1.88. The topological polar surface area (TPSA) is 68.1 Å². The molecule has 0 amide bonds. The Balaban J connectivity index is 0.00000154. The van der Waals surface area contributed by atoms with E-state index in [2.05, 4.69) is 10.2 Å². The number of benzene rings is 1. The minimum Gasteiger partial charge on any atom is -0.479 e. The summed E-state index contributed by atoms with van der Waals surface area (Å²) in [4.78, 5) is 0. The lowest BCUT2D eigenvalue weighted by Gasteiger charge is -2.02. The van der Waals surface area contributed by atoms with Crippen molar-refractivity contribution in [3.8, 4) is 0 Å². The number of hydrogen-bond donors (Lipinski definition) is 0. The lowest BCUT2D eigenvalue weighted by Crippen LogP contribution is -2.03. The van der Waals surface area contributed by atoms with E-state index in [9.17, 15) is 8.42 Å². The van der Waals surface area contributed by atoms with Gasteiger partial charge in [0.2, 0.25) is 5.90 Å². The first kappa shape index (κ1) is 17.3. The first-order chi connectivity index (χ1) is 8.92. The molecule has 106 valence electrons. The smallest absolute Gasteiger partial charge is 0.240 e. The van der Waals surface area contributed by atoms with E-state index in [0.717, 1.165) is 22.9 Å². The van der Waals surface area contributed by atoms with E-state index >= 15 is 0 Å². The fourth-order valence-electron chi connectivity index (χ4n) is 1.07. The molecule has 6 heteroatoms. The van der Waals surface area contributed by atoms with E-state index in [1.165, 1.54) is 7.11 Å². The summed E-state index contributed by atoms with van der Waals surface area (Å²) in [6.07, 6.45) is 1.05. The molecule has 5 nitrogen and oxygen atoms in total. The first-order valence-electron chi connectivity index (χ1n) is 5.84. The van der Waals surface area contributed by atoms with Crippen LogP contribution >= 0.6 is 0 Å². The van der Waals surface area contributed by atoms with Gasteiger partial charge in [-0.05, 0) is 19.1 Å². The van der Waals surface area contributed by atoms with Gasteiger partial charge in [0.05, 0.1) is 7.11 Å². The Labute approximate surface area is 114 Å². The standard InChI is InChI=1S/C11H14N2O3S.C2H6/c1-9-4-6-10(7-5-9)11(16-2)13-12-8-17(3,14)15;1-2/h4-8H,1-3H3;1-2H3/b12-8+,13-11-;. The summed E-state index contributed by atoms with van der Waals surface area (Å²) in [6.45, 7) is 5.97. The second kappa shape index (κ2) is 8.42. The van der Waals surface area contributed by atoms with Crippen LogP contribution in [0.2, 0.25) is 0 Å². The Kier molecular flexibility index (Phi) is 7.67. The van der Waals surface area contributed by atoms with Crippen LogP contribution in [0.3, 0.4) is 0 Å². The van der Waals surface area contributed by atoms with Crippen molar-refractivity contribution in [2.45, 2.75) is 20.8 Å². The summed E-state index contributed by atoms with van der Waals surface area (Å²) in [5, 5.41) is 7.17. The molecule has 0 saturated carbocycles. The lowest BCUT2D eigenvalue weighted by atomic mass is 10.1. The van der Waals surface area contributed by atoms with Gasteiger partial charge in [0.1, 0.15) is 5.55 Å². The fourth-order valence-corrected chi connectivity index (χ4v) is 1.29. The number of ether oxygens (including phenoxy) is 1. The average molecular weight is 284 g/mol. The number of sulfone groups is 1. The van der Waals surface area contributed by atoms with Crippen LogP contribution in [0.4, 0.5) is 0 Å². The zero-order valence-corrected chi connectivity index (χ0v) is 12.7. The molecule has 0 spiro atoms. The normalized spacial score (nSPS) is 11.9. The predicted molar refractivity (Wildman–Crippen MR) is 79.4 cm³/mol. The average Bonchev–Trinajstić information content (AvgIpc) is 2.37. The summed E-state index contributed by atoms with van der Waals surface area (Å²) >= 11 is 0. The number of methoxy groups -OCH3 is 1. The third-order valence-corrected chi connectivity index (χ3v) is 2.36. The summed E-state index contributed by atoms with van der Waals surface area (Å²) < 4.78 is 26.7. The van der Waals surface area contributed by atoms with Crippen molar-refractivity contribution in [3.05, 3.63) is 35.4 Å². The van der Waals surface area contributed by atoms with Crippen LogP contribution < -0.4 is 0 Å². The Morgan fingerprint density at radius 1 is 1.21 bits per heavy atom. The highest BCUT2D eigenvalue weighted by molar-refractivity contribution is 8.03. The lowest BCUT2D eigenvalue weighted by molar-refractivity contribution is 0.403. The van der Waals surface area contributed by atoms with Gasteiger partial charge in [0.25, 0.3) is 0 Å². The number of nitrogens with zero attached hydrogens (tertiary/aromatic N) is 2. The molecular formula is C13H20N2O3S. The van der Waals surface area contributed by atoms with Crippen molar-refractivity contribution in [2.24, 2.45) is 10.2 Å². The fraction of sp³-hybridized carbons (Fsp3) is 0.385. The maximum atomic E-state index is 10.8. The molecule has 0 radical (unpaired) electrons. The summed E-state index contributed by atoms with van der Waals surface area (Å²) in [5.41, 5.74) is 2.63. The van der Waals surface area contributed by atoms with E-state index in [1.54, 1.807) is 0 Å². The Morgan fingerprint density at radius 3 is 2.16 bits per heavy atom. The number of rotatable bonds is 3.